The topological polar surface area (TPSA) is 82.0 Å². The van der Waals surface area contributed by atoms with E-state index in [0.717, 1.165) is 0 Å². The molecule has 24 heavy (non-hydrogen) atoms. The molecule has 0 aromatic carbocycles. The van der Waals surface area contributed by atoms with Crippen molar-refractivity contribution < 1.29 is 19.7 Å². The first-order valence-electron chi connectivity index (χ1n) is 8.73. The molecule has 2 heterocycles. The van der Waals surface area contributed by atoms with Crippen LogP contribution in [-0.4, -0.2) is 63.2 Å². The number of nitrogens with zero attached hydrogens (tertiary/aromatic N) is 1. The summed E-state index contributed by atoms with van der Waals surface area (Å²) >= 11 is 0. The predicted octanol–water partition coefficient (Wildman–Crippen LogP) is 1.89. The molecule has 2 aliphatic heterocycles. The summed E-state index contributed by atoms with van der Waals surface area (Å²) in [7, 11) is 0. The van der Waals surface area contributed by atoms with Crippen molar-refractivity contribution in [3.05, 3.63) is 0 Å². The van der Waals surface area contributed by atoms with Crippen molar-refractivity contribution in [2.45, 2.75) is 83.6 Å². The lowest BCUT2D eigenvalue weighted by Gasteiger charge is -2.62. The van der Waals surface area contributed by atoms with E-state index in [4.69, 9.17) is 4.74 Å². The molecule has 0 radical (unpaired) electrons. The van der Waals surface area contributed by atoms with Crippen LogP contribution in [0.25, 0.3) is 0 Å². The Balaban J connectivity index is 2.16. The highest BCUT2D eigenvalue weighted by molar-refractivity contribution is 5.69. The van der Waals surface area contributed by atoms with Gasteiger partial charge in [-0.15, -0.1) is 0 Å². The number of piperidine rings is 1. The largest absolute Gasteiger partial charge is 0.444 e. The van der Waals surface area contributed by atoms with Gasteiger partial charge in [0.25, 0.3) is 0 Å². The van der Waals surface area contributed by atoms with Gasteiger partial charge in [-0.05, 0) is 61.3 Å². The second-order valence-electron chi connectivity index (χ2n) is 10.1. The molecule has 6 heteroatoms. The number of aliphatic hydroxyl groups is 2. The standard InChI is InChI=1S/C18H34N2O4/c1-14(2,3)24-13(22)20-10-17(11-20,12-21)18(23)8-15(4,5)19-16(6,7)9-18/h19,21,23H,8-12H2,1-7H3. The van der Waals surface area contributed by atoms with Gasteiger partial charge in [0.1, 0.15) is 5.60 Å². The monoisotopic (exact) mass is 342 g/mol. The SMILES string of the molecule is CC1(C)CC(O)(C2(CO)CN(C(=O)OC(C)(C)C)C2)CC(C)(C)N1. The average Bonchev–Trinajstić information content (AvgIpc) is 2.18. The minimum atomic E-state index is -1.03. The molecule has 140 valence electrons. The number of rotatable bonds is 2. The molecule has 0 bridgehead atoms. The van der Waals surface area contributed by atoms with E-state index < -0.39 is 16.6 Å². The third-order valence-electron chi connectivity index (χ3n) is 5.07. The minimum absolute atomic E-state index is 0.144. The maximum atomic E-state index is 12.2. The van der Waals surface area contributed by atoms with E-state index in [-0.39, 0.29) is 23.8 Å². The number of carbonyl (C=O) groups excluding carboxylic acids is 1. The van der Waals surface area contributed by atoms with Crippen molar-refractivity contribution in [3.8, 4) is 0 Å². The van der Waals surface area contributed by atoms with Gasteiger partial charge in [0.15, 0.2) is 0 Å². The van der Waals surface area contributed by atoms with Gasteiger partial charge in [-0.3, -0.25) is 0 Å². The number of likely N-dealkylation sites (tertiary alicyclic amines) is 1. The summed E-state index contributed by atoms with van der Waals surface area (Å²) < 4.78 is 5.39. The van der Waals surface area contributed by atoms with Crippen LogP contribution in [0.3, 0.4) is 0 Å². The maximum Gasteiger partial charge on any atom is 0.410 e. The normalized spacial score (nSPS) is 27.3. The number of hydrogen-bond acceptors (Lipinski definition) is 5. The first kappa shape index (κ1) is 19.5. The zero-order valence-electron chi connectivity index (χ0n) is 16.2. The molecule has 2 aliphatic rings. The van der Waals surface area contributed by atoms with E-state index in [1.54, 1.807) is 4.90 Å². The molecule has 3 N–H and O–H groups in total. The van der Waals surface area contributed by atoms with Gasteiger partial charge in [-0.1, -0.05) is 0 Å². The number of hydrogen-bond donors (Lipinski definition) is 3. The van der Waals surface area contributed by atoms with Crippen LogP contribution >= 0.6 is 0 Å². The van der Waals surface area contributed by atoms with Crippen LogP contribution < -0.4 is 5.32 Å². The van der Waals surface area contributed by atoms with Crippen LogP contribution in [0.4, 0.5) is 4.79 Å². The lowest BCUT2D eigenvalue weighted by atomic mass is 9.57. The molecule has 1 amide bonds. The van der Waals surface area contributed by atoms with Crippen LogP contribution in [0.5, 0.6) is 0 Å². The molecular formula is C18H34N2O4. The first-order valence-corrected chi connectivity index (χ1v) is 8.73. The fraction of sp³-hybridized carbons (Fsp3) is 0.944. The number of nitrogens with one attached hydrogen (secondary N) is 1. The molecule has 0 unspecified atom stereocenters. The summed E-state index contributed by atoms with van der Waals surface area (Å²) in [6.45, 7) is 14.2. The third-order valence-corrected chi connectivity index (χ3v) is 5.07. The first-order chi connectivity index (χ1) is 10.6. The smallest absolute Gasteiger partial charge is 0.410 e. The van der Waals surface area contributed by atoms with E-state index in [1.165, 1.54) is 0 Å². The van der Waals surface area contributed by atoms with Crippen molar-refractivity contribution in [1.29, 1.82) is 0 Å². The lowest BCUT2D eigenvalue weighted by Crippen LogP contribution is -2.76. The molecule has 0 spiro atoms. The summed E-state index contributed by atoms with van der Waals surface area (Å²) in [5, 5.41) is 25.1. The van der Waals surface area contributed by atoms with E-state index in [9.17, 15) is 15.0 Å². The second-order valence-corrected chi connectivity index (χ2v) is 10.1. The van der Waals surface area contributed by atoms with Crippen LogP contribution in [0, 0.1) is 5.41 Å². The summed E-state index contributed by atoms with van der Waals surface area (Å²) in [6.07, 6.45) is 0.681. The van der Waals surface area contributed by atoms with E-state index in [1.807, 2.05) is 20.8 Å². The highest BCUT2D eigenvalue weighted by atomic mass is 16.6. The van der Waals surface area contributed by atoms with Gasteiger partial charge >= 0.3 is 6.09 Å². The Hall–Kier alpha value is -0.850. The molecule has 2 saturated heterocycles. The van der Waals surface area contributed by atoms with E-state index >= 15 is 0 Å². The van der Waals surface area contributed by atoms with Gasteiger partial charge in [-0.25, -0.2) is 4.79 Å². The second kappa shape index (κ2) is 5.58. The van der Waals surface area contributed by atoms with Gasteiger partial charge in [0.05, 0.1) is 17.6 Å². The average molecular weight is 342 g/mol. The highest BCUT2D eigenvalue weighted by Crippen LogP contribution is 2.50. The van der Waals surface area contributed by atoms with Gasteiger partial charge in [0.2, 0.25) is 0 Å². The molecule has 0 atom stereocenters. The molecular weight excluding hydrogens is 308 g/mol. The molecule has 2 fully saturated rings. The Morgan fingerprint density at radius 2 is 1.58 bits per heavy atom. The van der Waals surface area contributed by atoms with E-state index in [2.05, 4.69) is 33.0 Å². The minimum Gasteiger partial charge on any atom is -0.444 e. The molecule has 6 nitrogen and oxygen atoms in total. The highest BCUT2D eigenvalue weighted by Gasteiger charge is 2.63. The number of amides is 1. The fourth-order valence-corrected chi connectivity index (χ4v) is 4.59. The van der Waals surface area contributed by atoms with Gasteiger partial charge < -0.3 is 25.2 Å². The molecule has 0 aliphatic carbocycles. The predicted molar refractivity (Wildman–Crippen MR) is 92.8 cm³/mol. The number of ether oxygens (including phenoxy) is 1. The summed E-state index contributed by atoms with van der Waals surface area (Å²) in [5.74, 6) is 0. The van der Waals surface area contributed by atoms with Crippen molar-refractivity contribution in [3.63, 3.8) is 0 Å². The Kier molecular flexibility index (Phi) is 4.53. The molecule has 0 aromatic heterocycles. The Morgan fingerprint density at radius 1 is 1.12 bits per heavy atom. The van der Waals surface area contributed by atoms with Crippen LogP contribution in [0.2, 0.25) is 0 Å². The fourth-order valence-electron chi connectivity index (χ4n) is 4.59. The Bertz CT molecular complexity index is 486. The van der Waals surface area contributed by atoms with Crippen LogP contribution in [0.15, 0.2) is 0 Å². The van der Waals surface area contributed by atoms with Gasteiger partial charge in [0, 0.05) is 24.2 Å². The summed E-state index contributed by atoms with van der Waals surface area (Å²) in [4.78, 5) is 13.8. The summed E-state index contributed by atoms with van der Waals surface area (Å²) in [6, 6.07) is 0. The van der Waals surface area contributed by atoms with Crippen molar-refractivity contribution in [2.75, 3.05) is 19.7 Å². The zero-order chi connectivity index (χ0) is 18.6. The zero-order valence-corrected chi connectivity index (χ0v) is 16.2. The summed E-state index contributed by atoms with van der Waals surface area (Å²) in [5.41, 5.74) is -2.76. The van der Waals surface area contributed by atoms with Crippen LogP contribution in [-0.2, 0) is 4.74 Å². The van der Waals surface area contributed by atoms with Crippen LogP contribution in [0.1, 0.15) is 61.3 Å². The quantitative estimate of drug-likeness (QED) is 0.714. The number of aliphatic hydroxyl groups excluding tert-OH is 1. The molecule has 0 saturated carbocycles. The van der Waals surface area contributed by atoms with Crippen molar-refractivity contribution in [2.24, 2.45) is 5.41 Å². The Morgan fingerprint density at radius 3 is 1.96 bits per heavy atom. The lowest BCUT2D eigenvalue weighted by molar-refractivity contribution is -0.209. The molecule has 2 rings (SSSR count). The van der Waals surface area contributed by atoms with E-state index in [0.29, 0.717) is 25.9 Å². The molecule has 0 aromatic rings. The maximum absolute atomic E-state index is 12.2. The van der Waals surface area contributed by atoms with Crippen molar-refractivity contribution >= 4 is 6.09 Å². The van der Waals surface area contributed by atoms with Crippen molar-refractivity contribution in [1.82, 2.24) is 10.2 Å². The Labute approximate surface area is 145 Å². The number of carbonyl (C=O) groups is 1. The third kappa shape index (κ3) is 3.70. The van der Waals surface area contributed by atoms with Gasteiger partial charge in [-0.2, -0.15) is 0 Å².